The van der Waals surface area contributed by atoms with E-state index in [-0.39, 0.29) is 49.7 Å². The van der Waals surface area contributed by atoms with Crippen LogP contribution in [0.3, 0.4) is 0 Å². The van der Waals surface area contributed by atoms with E-state index in [0.717, 1.165) is 44.9 Å². The minimum absolute atomic E-state index is 0.00451. The molecule has 58 heavy (non-hydrogen) atoms. The molecule has 1 saturated heterocycles. The number of pyridine rings is 1. The van der Waals surface area contributed by atoms with Crippen LogP contribution in [0, 0.1) is 28.6 Å². The third-order valence-corrected chi connectivity index (χ3v) is 16.1. The van der Waals surface area contributed by atoms with Gasteiger partial charge in [0.25, 0.3) is 0 Å². The van der Waals surface area contributed by atoms with Crippen molar-refractivity contribution in [3.8, 4) is 5.88 Å². The molecule has 3 heterocycles. The lowest BCUT2D eigenvalue weighted by atomic mass is 9.77. The Morgan fingerprint density at radius 2 is 1.76 bits per heavy atom. The van der Waals surface area contributed by atoms with Gasteiger partial charge in [0.05, 0.1) is 41.4 Å². The van der Waals surface area contributed by atoms with Crippen molar-refractivity contribution in [2.75, 3.05) is 6.54 Å². The maximum absolute atomic E-state index is 14.9. The fourth-order valence-electron chi connectivity index (χ4n) is 9.88. The lowest BCUT2D eigenvalue weighted by molar-refractivity contribution is -0.158. The first-order chi connectivity index (χ1) is 27.4. The predicted octanol–water partition coefficient (Wildman–Crippen LogP) is 6.46. The van der Waals surface area contributed by atoms with E-state index in [1.165, 1.54) is 4.90 Å². The first-order valence-electron chi connectivity index (χ1n) is 21.1. The Labute approximate surface area is 341 Å². The number of allylic oxidation sites excluding steroid dienone is 1. The molecule has 13 heteroatoms. The van der Waals surface area contributed by atoms with E-state index in [4.69, 9.17) is 9.47 Å². The third-order valence-electron chi connectivity index (χ3n) is 13.8. The highest BCUT2D eigenvalue weighted by Gasteiger charge is 2.63. The maximum atomic E-state index is 14.9. The molecule has 7 rings (SSSR count). The maximum Gasteiger partial charge on any atom is 0.306 e. The molecule has 2 amide bonds. The molecule has 7 atom stereocenters. The quantitative estimate of drug-likeness (QED) is 0.224. The van der Waals surface area contributed by atoms with Crippen LogP contribution in [0.25, 0.3) is 10.9 Å². The number of ether oxygens (including phenoxy) is 2. The van der Waals surface area contributed by atoms with Crippen molar-refractivity contribution in [3.05, 3.63) is 64.9 Å². The topological polar surface area (TPSA) is 169 Å². The molecule has 3 saturated carbocycles. The number of nitrogens with zero attached hydrogens (tertiary/aromatic N) is 1. The second kappa shape index (κ2) is 15.7. The van der Waals surface area contributed by atoms with Gasteiger partial charge in [-0.15, -0.1) is 6.58 Å². The van der Waals surface area contributed by atoms with E-state index in [0.29, 0.717) is 47.2 Å². The number of amides is 2. The summed E-state index contributed by atoms with van der Waals surface area (Å²) in [6.45, 7) is 15.0. The Bertz CT molecular complexity index is 2180. The standard InChI is InChI=1S/C45H59N3O9S/c1-7-29-24-44(29,42(53)47-58(54,55)45(20-21-45)27(2)3)25-36(49)35-22-30-26-48(35)41(52)33(43(4,5)6)23-38(50)57-37-19-13-15-28(37)14-9-8-10-17-32-39(51)31-16-11-12-18-34(31)46-40(32)56-30/h7,11-12,16,18,28-30,33,35,37H,1-2,8-10,13-15,17,19-26H2,3-6H3,(H,46,51)(H,47,53)/t28-,29-,30-,33-,35+,37-,44-/m1/s1. The summed E-state index contributed by atoms with van der Waals surface area (Å²) in [5.74, 6) is -2.78. The molecular formula is C45H59N3O9S. The largest absolute Gasteiger partial charge is 0.473 e. The summed E-state index contributed by atoms with van der Waals surface area (Å²) in [7, 11) is -4.12. The van der Waals surface area contributed by atoms with Gasteiger partial charge in [0.1, 0.15) is 17.0 Å². The van der Waals surface area contributed by atoms with Gasteiger partial charge in [-0.1, -0.05) is 64.0 Å². The summed E-state index contributed by atoms with van der Waals surface area (Å²) in [6, 6.07) is 6.20. The fourth-order valence-corrected chi connectivity index (χ4v) is 11.6. The molecule has 2 aliphatic heterocycles. The zero-order chi connectivity index (χ0) is 41.8. The van der Waals surface area contributed by atoms with Crippen molar-refractivity contribution in [1.82, 2.24) is 14.6 Å². The summed E-state index contributed by atoms with van der Waals surface area (Å²) in [4.78, 5) is 76.0. The highest BCUT2D eigenvalue weighted by atomic mass is 32.2. The second-order valence-corrected chi connectivity index (χ2v) is 20.8. The number of rotatable bonds is 8. The molecule has 2 aromatic rings. The molecular weight excluding hydrogens is 759 g/mol. The summed E-state index contributed by atoms with van der Waals surface area (Å²) < 4.78 is 40.8. The van der Waals surface area contributed by atoms with Gasteiger partial charge in [0, 0.05) is 18.2 Å². The molecule has 0 radical (unpaired) electrons. The molecule has 2 bridgehead atoms. The molecule has 1 aromatic carbocycles. The first kappa shape index (κ1) is 41.9. The van der Waals surface area contributed by atoms with Gasteiger partial charge in [-0.25, -0.2) is 8.42 Å². The zero-order valence-corrected chi connectivity index (χ0v) is 35.2. The van der Waals surface area contributed by atoms with Crippen LogP contribution in [0.5, 0.6) is 5.88 Å². The van der Waals surface area contributed by atoms with Gasteiger partial charge in [-0.3, -0.25) is 28.7 Å². The number of hydrogen-bond acceptors (Lipinski definition) is 9. The summed E-state index contributed by atoms with van der Waals surface area (Å²) in [6.07, 6.45) is 7.79. The number of nitrogens with one attached hydrogen (secondary N) is 2. The van der Waals surface area contributed by atoms with Crippen LogP contribution in [-0.2, 0) is 40.4 Å². The second-order valence-electron chi connectivity index (χ2n) is 18.8. The smallest absolute Gasteiger partial charge is 0.306 e. The van der Waals surface area contributed by atoms with Crippen LogP contribution in [0.4, 0.5) is 0 Å². The number of H-pyrrole nitrogens is 1. The van der Waals surface area contributed by atoms with Crippen molar-refractivity contribution in [2.45, 2.75) is 141 Å². The molecule has 5 aliphatic rings. The van der Waals surface area contributed by atoms with Crippen molar-refractivity contribution in [2.24, 2.45) is 28.6 Å². The molecule has 2 N–H and O–H groups in total. The summed E-state index contributed by atoms with van der Waals surface area (Å²) in [5.41, 5.74) is -0.615. The zero-order valence-electron chi connectivity index (χ0n) is 34.4. The van der Waals surface area contributed by atoms with Gasteiger partial charge in [-0.05, 0) is 94.1 Å². The SMILES string of the molecule is C=C[C@@H]1C[C@]1(CC(=O)[C@@H]1C[C@@H]2CN1C(=O)[C@H](C(C)(C)C)CC(=O)O[C@@H]1CCC[C@H]1CCCCCc1c([nH]c3ccccc3c1=O)O2)C(=O)NS(=O)(=O)C1(C(=C)C)CC1. The van der Waals surface area contributed by atoms with Crippen LogP contribution >= 0.6 is 0 Å². The molecule has 4 fully saturated rings. The number of sulfonamides is 1. The van der Waals surface area contributed by atoms with Crippen LogP contribution in [0.15, 0.2) is 53.9 Å². The van der Waals surface area contributed by atoms with E-state index in [2.05, 4.69) is 22.9 Å². The predicted molar refractivity (Wildman–Crippen MR) is 220 cm³/mol. The van der Waals surface area contributed by atoms with Gasteiger partial charge in [-0.2, -0.15) is 0 Å². The normalized spacial score (nSPS) is 30.2. The molecule has 0 spiro atoms. The van der Waals surface area contributed by atoms with Crippen molar-refractivity contribution in [1.29, 1.82) is 0 Å². The number of benzene rings is 1. The van der Waals surface area contributed by atoms with Crippen molar-refractivity contribution < 1.29 is 37.1 Å². The molecule has 314 valence electrons. The average Bonchev–Trinajstić information content (AvgIpc) is 4.03. The molecule has 12 nitrogen and oxygen atoms in total. The van der Waals surface area contributed by atoms with E-state index in [9.17, 15) is 32.4 Å². The first-order valence-corrected chi connectivity index (χ1v) is 22.6. The third kappa shape index (κ3) is 7.91. The van der Waals surface area contributed by atoms with Gasteiger partial charge in [0.15, 0.2) is 17.1 Å². The highest BCUT2D eigenvalue weighted by molar-refractivity contribution is 7.92. The monoisotopic (exact) mass is 817 g/mol. The van der Waals surface area contributed by atoms with Crippen LogP contribution in [0.1, 0.15) is 117 Å². The lowest BCUT2D eigenvalue weighted by Crippen LogP contribution is -2.49. The lowest BCUT2D eigenvalue weighted by Gasteiger charge is -2.35. The van der Waals surface area contributed by atoms with E-state index >= 15 is 0 Å². The van der Waals surface area contributed by atoms with Gasteiger partial charge >= 0.3 is 5.97 Å². The average molecular weight is 818 g/mol. The number of carbonyl (C=O) groups is 4. The minimum atomic E-state index is -4.12. The van der Waals surface area contributed by atoms with Gasteiger partial charge < -0.3 is 19.4 Å². The number of hydrogen-bond donors (Lipinski definition) is 2. The number of Topliss-reactive ketones (excluding diaryl/α,β-unsaturated/α-hetero) is 1. The van der Waals surface area contributed by atoms with Crippen LogP contribution in [-0.4, -0.2) is 71.4 Å². The fraction of sp³-hybridized carbons (Fsp3) is 0.622. The van der Waals surface area contributed by atoms with Crippen molar-refractivity contribution in [3.63, 3.8) is 0 Å². The van der Waals surface area contributed by atoms with Crippen molar-refractivity contribution >= 4 is 44.5 Å². The number of aromatic nitrogens is 1. The highest BCUT2D eigenvalue weighted by Crippen LogP contribution is 2.58. The Hall–Kier alpha value is -4.26. The number of aromatic amines is 1. The van der Waals surface area contributed by atoms with E-state index < -0.39 is 73.1 Å². The van der Waals surface area contributed by atoms with Gasteiger partial charge in [0.2, 0.25) is 21.8 Å². The Balaban J connectivity index is 1.23. The van der Waals surface area contributed by atoms with E-state index in [1.807, 2.05) is 39.0 Å². The number of para-hydroxylation sites is 1. The number of carbonyl (C=O) groups excluding carboxylic acids is 4. The minimum Gasteiger partial charge on any atom is -0.473 e. The van der Waals surface area contributed by atoms with Crippen LogP contribution < -0.4 is 14.9 Å². The van der Waals surface area contributed by atoms with E-state index in [1.54, 1.807) is 19.1 Å². The molecule has 1 aromatic heterocycles. The number of ketones is 1. The van der Waals surface area contributed by atoms with Crippen LogP contribution in [0.2, 0.25) is 0 Å². The number of esters is 1. The molecule has 0 unspecified atom stereocenters. The summed E-state index contributed by atoms with van der Waals surface area (Å²) >= 11 is 0. The summed E-state index contributed by atoms with van der Waals surface area (Å²) in [5, 5.41) is 0.551. The molecule has 3 aliphatic carbocycles. The number of fused-ring (bicyclic) bond motifs is 5. The Kier molecular flexibility index (Phi) is 11.4. The Morgan fingerprint density at radius 1 is 1.03 bits per heavy atom. The Morgan fingerprint density at radius 3 is 2.43 bits per heavy atom.